The molecule has 1 rings (SSSR count). The molecule has 4 nitrogen and oxygen atoms in total. The number of methoxy groups -OCH3 is 1. The minimum atomic E-state index is -0.702. The van der Waals surface area contributed by atoms with Gasteiger partial charge in [0.05, 0.1) is 12.5 Å². The average molecular weight is 187 g/mol. The minimum absolute atomic E-state index is 0.113. The van der Waals surface area contributed by atoms with E-state index in [1.54, 1.807) is 7.11 Å². The van der Waals surface area contributed by atoms with Crippen LogP contribution in [-0.4, -0.2) is 48.8 Å². The van der Waals surface area contributed by atoms with Crippen LogP contribution < -0.4 is 0 Å². The summed E-state index contributed by atoms with van der Waals surface area (Å²) in [6, 6.07) is 0. The molecular weight excluding hydrogens is 170 g/mol. The summed E-state index contributed by atoms with van der Waals surface area (Å²) in [5, 5.41) is 8.86. The van der Waals surface area contributed by atoms with Gasteiger partial charge in [0.15, 0.2) is 0 Å². The number of nitrogens with zero attached hydrogens (tertiary/aromatic N) is 1. The van der Waals surface area contributed by atoms with E-state index in [4.69, 9.17) is 9.84 Å². The molecule has 0 aromatic rings. The first-order chi connectivity index (χ1) is 5.99. The maximum absolute atomic E-state index is 10.8. The Kier molecular flexibility index (Phi) is 2.93. The predicted molar refractivity (Wildman–Crippen MR) is 48.7 cm³/mol. The van der Waals surface area contributed by atoms with Crippen molar-refractivity contribution in [2.45, 2.75) is 18.9 Å². The van der Waals surface area contributed by atoms with Gasteiger partial charge < -0.3 is 9.84 Å². The van der Waals surface area contributed by atoms with Crippen LogP contribution in [0, 0.1) is 5.92 Å². The van der Waals surface area contributed by atoms with E-state index in [0.717, 1.165) is 0 Å². The summed E-state index contributed by atoms with van der Waals surface area (Å²) >= 11 is 0. The number of aliphatic carboxylic acids is 1. The van der Waals surface area contributed by atoms with Crippen molar-refractivity contribution in [1.82, 2.24) is 4.90 Å². The van der Waals surface area contributed by atoms with Gasteiger partial charge >= 0.3 is 5.97 Å². The van der Waals surface area contributed by atoms with Gasteiger partial charge in [-0.1, -0.05) is 0 Å². The van der Waals surface area contributed by atoms with Crippen LogP contribution in [0.5, 0.6) is 0 Å². The Labute approximate surface area is 78.5 Å². The SMILES string of the molecule is COC[C@]1(C)CC(C(=O)O)CN1C. The average Bonchev–Trinajstić information content (AvgIpc) is 2.29. The molecule has 0 aromatic carbocycles. The zero-order valence-electron chi connectivity index (χ0n) is 8.41. The Morgan fingerprint density at radius 2 is 2.38 bits per heavy atom. The Balaban J connectivity index is 2.64. The van der Waals surface area contributed by atoms with Gasteiger partial charge in [0.2, 0.25) is 0 Å². The normalized spacial score (nSPS) is 35.2. The Morgan fingerprint density at radius 1 is 1.77 bits per heavy atom. The van der Waals surface area contributed by atoms with Gasteiger partial charge in [-0.2, -0.15) is 0 Å². The highest BCUT2D eigenvalue weighted by Crippen LogP contribution is 2.31. The molecule has 1 aliphatic heterocycles. The van der Waals surface area contributed by atoms with Crippen molar-refractivity contribution in [3.05, 3.63) is 0 Å². The maximum atomic E-state index is 10.8. The first-order valence-electron chi connectivity index (χ1n) is 4.42. The summed E-state index contributed by atoms with van der Waals surface area (Å²) in [4.78, 5) is 12.8. The van der Waals surface area contributed by atoms with Crippen molar-refractivity contribution in [2.75, 3.05) is 27.3 Å². The molecule has 1 N–H and O–H groups in total. The summed E-state index contributed by atoms with van der Waals surface area (Å²) in [7, 11) is 3.59. The zero-order chi connectivity index (χ0) is 10.1. The number of carbonyl (C=O) groups is 1. The Morgan fingerprint density at radius 3 is 2.77 bits per heavy atom. The van der Waals surface area contributed by atoms with Gasteiger partial charge in [-0.05, 0) is 20.4 Å². The third-order valence-electron chi connectivity index (χ3n) is 2.91. The highest BCUT2D eigenvalue weighted by Gasteiger charge is 2.42. The second kappa shape index (κ2) is 3.64. The van der Waals surface area contributed by atoms with E-state index < -0.39 is 5.97 Å². The molecule has 1 unspecified atom stereocenters. The summed E-state index contributed by atoms with van der Waals surface area (Å²) in [6.45, 7) is 3.25. The van der Waals surface area contributed by atoms with E-state index in [0.29, 0.717) is 19.6 Å². The number of likely N-dealkylation sites (tertiary alicyclic amines) is 1. The largest absolute Gasteiger partial charge is 0.481 e. The van der Waals surface area contributed by atoms with Gasteiger partial charge in [0.1, 0.15) is 0 Å². The first kappa shape index (κ1) is 10.5. The van der Waals surface area contributed by atoms with E-state index in [-0.39, 0.29) is 11.5 Å². The van der Waals surface area contributed by atoms with Crippen LogP contribution in [0.25, 0.3) is 0 Å². The van der Waals surface area contributed by atoms with Crippen molar-refractivity contribution in [3.63, 3.8) is 0 Å². The number of hydrogen-bond donors (Lipinski definition) is 1. The van der Waals surface area contributed by atoms with Crippen molar-refractivity contribution in [3.8, 4) is 0 Å². The Bertz CT molecular complexity index is 207. The number of likely N-dealkylation sites (N-methyl/N-ethyl adjacent to an activating group) is 1. The highest BCUT2D eigenvalue weighted by molar-refractivity contribution is 5.71. The molecule has 13 heavy (non-hydrogen) atoms. The number of carboxylic acid groups (broad SMARTS) is 1. The lowest BCUT2D eigenvalue weighted by Crippen LogP contribution is -2.42. The molecule has 4 heteroatoms. The second-order valence-electron chi connectivity index (χ2n) is 4.05. The van der Waals surface area contributed by atoms with Gasteiger partial charge in [0, 0.05) is 19.2 Å². The molecule has 76 valence electrons. The number of ether oxygens (including phenoxy) is 1. The standard InChI is InChI=1S/C9H17NO3/c1-9(6-13-3)4-7(8(11)12)5-10(9)2/h7H,4-6H2,1-3H3,(H,11,12)/t7?,9-/m0/s1. The molecule has 1 fully saturated rings. The van der Waals surface area contributed by atoms with Gasteiger partial charge in [-0.25, -0.2) is 0 Å². The highest BCUT2D eigenvalue weighted by atomic mass is 16.5. The summed E-state index contributed by atoms with van der Waals surface area (Å²) in [6.07, 6.45) is 0.673. The monoisotopic (exact) mass is 187 g/mol. The number of rotatable bonds is 3. The van der Waals surface area contributed by atoms with Crippen molar-refractivity contribution >= 4 is 5.97 Å². The summed E-state index contributed by atoms with van der Waals surface area (Å²) in [5.74, 6) is -0.947. The van der Waals surface area contributed by atoms with Crippen LogP contribution in [0.4, 0.5) is 0 Å². The molecule has 1 aliphatic rings. The first-order valence-corrected chi connectivity index (χ1v) is 4.42. The third kappa shape index (κ3) is 2.00. The minimum Gasteiger partial charge on any atom is -0.481 e. The quantitative estimate of drug-likeness (QED) is 0.696. The molecule has 1 heterocycles. The van der Waals surface area contributed by atoms with Crippen molar-refractivity contribution < 1.29 is 14.6 Å². The molecule has 0 radical (unpaired) electrons. The summed E-state index contributed by atoms with van der Waals surface area (Å²) in [5.41, 5.74) is -0.113. The van der Waals surface area contributed by atoms with Crippen LogP contribution in [0.1, 0.15) is 13.3 Å². The molecule has 0 amide bonds. The van der Waals surface area contributed by atoms with Gasteiger partial charge in [-0.15, -0.1) is 0 Å². The fourth-order valence-electron chi connectivity index (χ4n) is 1.95. The lowest BCUT2D eigenvalue weighted by molar-refractivity contribution is -0.141. The molecule has 0 aromatic heterocycles. The van der Waals surface area contributed by atoms with Crippen LogP contribution in [-0.2, 0) is 9.53 Å². The van der Waals surface area contributed by atoms with E-state index in [1.165, 1.54) is 0 Å². The number of carboxylic acids is 1. The topological polar surface area (TPSA) is 49.8 Å². The zero-order valence-corrected chi connectivity index (χ0v) is 8.41. The number of hydrogen-bond acceptors (Lipinski definition) is 3. The molecule has 0 bridgehead atoms. The van der Waals surface area contributed by atoms with Gasteiger partial charge in [-0.3, -0.25) is 9.69 Å². The van der Waals surface area contributed by atoms with Crippen molar-refractivity contribution in [2.24, 2.45) is 5.92 Å². The van der Waals surface area contributed by atoms with Crippen LogP contribution in [0.3, 0.4) is 0 Å². The van der Waals surface area contributed by atoms with Crippen molar-refractivity contribution in [1.29, 1.82) is 0 Å². The summed E-state index contributed by atoms with van der Waals surface area (Å²) < 4.78 is 5.09. The van der Waals surface area contributed by atoms with E-state index in [2.05, 4.69) is 4.90 Å². The van der Waals surface area contributed by atoms with E-state index in [9.17, 15) is 4.79 Å². The Hall–Kier alpha value is -0.610. The molecule has 0 spiro atoms. The second-order valence-corrected chi connectivity index (χ2v) is 4.05. The van der Waals surface area contributed by atoms with E-state index >= 15 is 0 Å². The molecule has 1 saturated heterocycles. The molecule has 2 atom stereocenters. The fraction of sp³-hybridized carbons (Fsp3) is 0.889. The third-order valence-corrected chi connectivity index (χ3v) is 2.91. The van der Waals surface area contributed by atoms with Crippen LogP contribution >= 0.6 is 0 Å². The smallest absolute Gasteiger partial charge is 0.307 e. The lowest BCUT2D eigenvalue weighted by atomic mass is 9.95. The lowest BCUT2D eigenvalue weighted by Gasteiger charge is -2.30. The van der Waals surface area contributed by atoms with Crippen LogP contribution in [0.2, 0.25) is 0 Å². The molecule has 0 saturated carbocycles. The maximum Gasteiger partial charge on any atom is 0.307 e. The van der Waals surface area contributed by atoms with E-state index in [1.807, 2.05) is 14.0 Å². The molecular formula is C9H17NO3. The predicted octanol–water partition coefficient (Wildman–Crippen LogP) is 0.428. The fourth-order valence-corrected chi connectivity index (χ4v) is 1.95. The van der Waals surface area contributed by atoms with Crippen LogP contribution in [0.15, 0.2) is 0 Å². The molecule has 0 aliphatic carbocycles. The van der Waals surface area contributed by atoms with Gasteiger partial charge in [0.25, 0.3) is 0 Å².